The van der Waals surface area contributed by atoms with Crippen molar-refractivity contribution in [3.05, 3.63) is 0 Å². The topological polar surface area (TPSA) is 49.4 Å². The van der Waals surface area contributed by atoms with Crippen molar-refractivity contribution in [2.45, 2.75) is 33.2 Å². The van der Waals surface area contributed by atoms with Gasteiger partial charge in [0.15, 0.2) is 0 Å². The fraction of sp³-hybridized carbons (Fsp3) is 0.800. The summed E-state index contributed by atoms with van der Waals surface area (Å²) in [7, 11) is 0. The lowest BCUT2D eigenvalue weighted by Gasteiger charge is -2.28. The number of amides is 2. The van der Waals surface area contributed by atoms with Crippen LogP contribution in [0.5, 0.6) is 0 Å². The zero-order valence-corrected chi connectivity index (χ0v) is 9.04. The van der Waals surface area contributed by atoms with E-state index in [1.165, 1.54) is 0 Å². The number of nitrogens with one attached hydrogen (secondary N) is 1. The number of fused-ring (bicyclic) bond motifs is 1. The normalized spacial score (nSPS) is 30.4. The molecule has 1 N–H and O–H groups in total. The van der Waals surface area contributed by atoms with Crippen molar-refractivity contribution in [3.8, 4) is 0 Å². The van der Waals surface area contributed by atoms with Gasteiger partial charge >= 0.3 is 0 Å². The molecule has 0 spiro atoms. The van der Waals surface area contributed by atoms with Gasteiger partial charge in [0.25, 0.3) is 0 Å². The Labute approximate surface area is 84.7 Å². The summed E-state index contributed by atoms with van der Waals surface area (Å²) < 4.78 is 0. The van der Waals surface area contributed by atoms with E-state index in [9.17, 15) is 9.59 Å². The van der Waals surface area contributed by atoms with E-state index in [0.717, 1.165) is 13.0 Å². The highest BCUT2D eigenvalue weighted by atomic mass is 16.2. The Morgan fingerprint density at radius 2 is 2.00 bits per heavy atom. The highest BCUT2D eigenvalue weighted by Crippen LogP contribution is 2.24. The summed E-state index contributed by atoms with van der Waals surface area (Å²) >= 11 is 0. The van der Waals surface area contributed by atoms with Crippen molar-refractivity contribution >= 4 is 11.8 Å². The molecule has 2 heterocycles. The van der Waals surface area contributed by atoms with Gasteiger partial charge in [-0.05, 0) is 12.3 Å². The summed E-state index contributed by atoms with van der Waals surface area (Å²) in [4.78, 5) is 24.2. The van der Waals surface area contributed by atoms with Crippen LogP contribution in [0.3, 0.4) is 0 Å². The maximum Gasteiger partial charge on any atom is 0.243 e. The van der Waals surface area contributed by atoms with E-state index >= 15 is 0 Å². The molecule has 2 aliphatic heterocycles. The van der Waals surface area contributed by atoms with Crippen LogP contribution >= 0.6 is 0 Å². The first-order valence-corrected chi connectivity index (χ1v) is 5.25. The first-order valence-electron chi connectivity index (χ1n) is 5.25. The van der Waals surface area contributed by atoms with Gasteiger partial charge in [0.2, 0.25) is 11.8 Å². The van der Waals surface area contributed by atoms with Crippen molar-refractivity contribution in [2.75, 3.05) is 13.1 Å². The largest absolute Gasteiger partial charge is 0.345 e. The maximum absolute atomic E-state index is 11.3. The molecular formula is C10H18N2O2. The third kappa shape index (κ3) is 1.89. The van der Waals surface area contributed by atoms with Gasteiger partial charge < -0.3 is 10.2 Å². The molecule has 2 aliphatic rings. The molecule has 0 aromatic carbocycles. The first kappa shape index (κ1) is 11.0. The van der Waals surface area contributed by atoms with Crippen LogP contribution in [0.25, 0.3) is 0 Å². The molecule has 0 aliphatic carbocycles. The average molecular weight is 198 g/mol. The number of rotatable bonds is 0. The van der Waals surface area contributed by atoms with Crippen molar-refractivity contribution in [1.82, 2.24) is 10.2 Å². The smallest absolute Gasteiger partial charge is 0.243 e. The number of hydrogen-bond donors (Lipinski definition) is 1. The molecule has 2 unspecified atom stereocenters. The predicted molar refractivity (Wildman–Crippen MR) is 53.6 cm³/mol. The standard InChI is InChI=1S/C8H12N2O2.C2H6/c1-5-2-6-8(12)9-3-7(11)10(6)4-5;1-2/h5-6H,2-4H2,1H3,(H,9,12);1-2H3. The number of hydrogen-bond acceptors (Lipinski definition) is 2. The molecule has 4 heteroatoms. The van der Waals surface area contributed by atoms with Crippen molar-refractivity contribution in [3.63, 3.8) is 0 Å². The van der Waals surface area contributed by atoms with Gasteiger partial charge in [0, 0.05) is 6.54 Å². The molecule has 2 atom stereocenters. The third-order valence-electron chi connectivity index (χ3n) is 2.55. The van der Waals surface area contributed by atoms with Gasteiger partial charge in [-0.2, -0.15) is 0 Å². The number of carbonyl (C=O) groups is 2. The van der Waals surface area contributed by atoms with Crippen molar-refractivity contribution < 1.29 is 9.59 Å². The second-order valence-corrected chi connectivity index (χ2v) is 3.62. The van der Waals surface area contributed by atoms with Crippen LogP contribution in [-0.4, -0.2) is 35.8 Å². The molecule has 80 valence electrons. The highest BCUT2D eigenvalue weighted by molar-refractivity contribution is 5.95. The molecule has 0 radical (unpaired) electrons. The van der Waals surface area contributed by atoms with Gasteiger partial charge in [-0.3, -0.25) is 9.59 Å². The van der Waals surface area contributed by atoms with Gasteiger partial charge in [0.1, 0.15) is 6.04 Å². The van der Waals surface area contributed by atoms with Gasteiger partial charge in [-0.1, -0.05) is 20.8 Å². The molecule has 0 aromatic heterocycles. The Morgan fingerprint density at radius 3 is 2.57 bits per heavy atom. The van der Waals surface area contributed by atoms with Gasteiger partial charge in [-0.15, -0.1) is 0 Å². The number of carbonyl (C=O) groups excluding carboxylic acids is 2. The fourth-order valence-electron chi connectivity index (χ4n) is 1.95. The molecule has 4 nitrogen and oxygen atoms in total. The van der Waals surface area contributed by atoms with Crippen molar-refractivity contribution in [2.24, 2.45) is 5.92 Å². The summed E-state index contributed by atoms with van der Waals surface area (Å²) in [6.45, 7) is 7.00. The van der Waals surface area contributed by atoms with E-state index in [4.69, 9.17) is 0 Å². The van der Waals surface area contributed by atoms with Crippen LogP contribution in [0.1, 0.15) is 27.2 Å². The molecular weight excluding hydrogens is 180 g/mol. The second-order valence-electron chi connectivity index (χ2n) is 3.62. The Morgan fingerprint density at radius 1 is 1.36 bits per heavy atom. The van der Waals surface area contributed by atoms with Crippen LogP contribution in [0.2, 0.25) is 0 Å². The van der Waals surface area contributed by atoms with Crippen LogP contribution in [0.15, 0.2) is 0 Å². The number of piperazine rings is 1. The minimum Gasteiger partial charge on any atom is -0.345 e. The molecule has 0 saturated carbocycles. The summed E-state index contributed by atoms with van der Waals surface area (Å²) in [5, 5.41) is 2.59. The molecule has 2 saturated heterocycles. The summed E-state index contributed by atoms with van der Waals surface area (Å²) in [5.41, 5.74) is 0. The van der Waals surface area contributed by atoms with E-state index in [1.54, 1.807) is 4.90 Å². The lowest BCUT2D eigenvalue weighted by molar-refractivity contribution is -0.143. The molecule has 2 rings (SSSR count). The average Bonchev–Trinajstić information content (AvgIpc) is 2.58. The Bertz CT molecular complexity index is 216. The van der Waals surface area contributed by atoms with E-state index < -0.39 is 0 Å². The summed E-state index contributed by atoms with van der Waals surface area (Å²) in [6, 6.07) is -0.179. The quantitative estimate of drug-likeness (QED) is 0.611. The number of nitrogens with zero attached hydrogens (tertiary/aromatic N) is 1. The first-order chi connectivity index (χ1) is 6.68. The molecule has 0 bridgehead atoms. The van der Waals surface area contributed by atoms with Crippen LogP contribution in [0, 0.1) is 5.92 Å². The second kappa shape index (κ2) is 4.44. The SMILES string of the molecule is CC.CC1CC2C(=O)NCC(=O)N2C1. The zero-order valence-electron chi connectivity index (χ0n) is 9.04. The molecule has 2 fully saturated rings. The molecule has 14 heavy (non-hydrogen) atoms. The minimum absolute atomic E-state index is 0.0129. The van der Waals surface area contributed by atoms with E-state index in [0.29, 0.717) is 5.92 Å². The lowest BCUT2D eigenvalue weighted by Crippen LogP contribution is -2.55. The van der Waals surface area contributed by atoms with Gasteiger partial charge in [0.05, 0.1) is 6.54 Å². The third-order valence-corrected chi connectivity index (χ3v) is 2.55. The van der Waals surface area contributed by atoms with Crippen LogP contribution in [-0.2, 0) is 9.59 Å². The predicted octanol–water partition coefficient (Wildman–Crippen LogP) is 0.379. The monoisotopic (exact) mass is 198 g/mol. The fourth-order valence-corrected chi connectivity index (χ4v) is 1.95. The maximum atomic E-state index is 11.3. The summed E-state index contributed by atoms with van der Waals surface area (Å²) in [5.74, 6) is 0.533. The van der Waals surface area contributed by atoms with E-state index in [1.807, 2.05) is 13.8 Å². The zero-order chi connectivity index (χ0) is 10.7. The van der Waals surface area contributed by atoms with E-state index in [-0.39, 0.29) is 24.4 Å². The minimum atomic E-state index is -0.179. The summed E-state index contributed by atoms with van der Waals surface area (Å²) in [6.07, 6.45) is 0.817. The van der Waals surface area contributed by atoms with Crippen LogP contribution < -0.4 is 5.32 Å². The lowest BCUT2D eigenvalue weighted by atomic mass is 10.1. The Kier molecular flexibility index (Phi) is 3.49. The highest BCUT2D eigenvalue weighted by Gasteiger charge is 2.40. The van der Waals surface area contributed by atoms with Crippen molar-refractivity contribution in [1.29, 1.82) is 0 Å². The van der Waals surface area contributed by atoms with Gasteiger partial charge in [-0.25, -0.2) is 0 Å². The van der Waals surface area contributed by atoms with Crippen LogP contribution in [0.4, 0.5) is 0 Å². The molecule has 2 amide bonds. The Balaban J connectivity index is 0.000000461. The Hall–Kier alpha value is -1.06. The molecule has 0 aromatic rings. The van der Waals surface area contributed by atoms with E-state index in [2.05, 4.69) is 12.2 Å².